The second-order valence-electron chi connectivity index (χ2n) is 3.60. The minimum Gasteiger partial charge on any atom is -0.276 e. The summed E-state index contributed by atoms with van der Waals surface area (Å²) < 4.78 is 0. The molecule has 0 aliphatic carbocycles. The van der Waals surface area contributed by atoms with Crippen molar-refractivity contribution >= 4 is 0 Å². The standard InChI is InChI=1S/C13H10N4/c1-3-7-14-10(5-1)12-9-13(17-16-12)11-6-2-4-8-15-11/h1-9H,(H,16,17). The predicted octanol–water partition coefficient (Wildman–Crippen LogP) is 2.53. The number of hydrogen-bond donors (Lipinski definition) is 1. The lowest BCUT2D eigenvalue weighted by Crippen LogP contribution is -1.80. The largest absolute Gasteiger partial charge is 0.276 e. The van der Waals surface area contributed by atoms with Gasteiger partial charge in [-0.3, -0.25) is 15.1 Å². The van der Waals surface area contributed by atoms with Crippen molar-refractivity contribution in [2.24, 2.45) is 0 Å². The lowest BCUT2D eigenvalue weighted by molar-refractivity contribution is 1.08. The molecule has 0 atom stereocenters. The summed E-state index contributed by atoms with van der Waals surface area (Å²) in [5.74, 6) is 0. The van der Waals surface area contributed by atoms with Gasteiger partial charge in [-0.1, -0.05) is 12.1 Å². The smallest absolute Gasteiger partial charge is 0.111 e. The van der Waals surface area contributed by atoms with E-state index in [1.165, 1.54) is 0 Å². The van der Waals surface area contributed by atoms with Gasteiger partial charge in [-0.05, 0) is 30.3 Å². The maximum absolute atomic E-state index is 4.26. The molecule has 0 aromatic carbocycles. The van der Waals surface area contributed by atoms with Gasteiger partial charge in [-0.2, -0.15) is 5.10 Å². The van der Waals surface area contributed by atoms with E-state index in [4.69, 9.17) is 0 Å². The van der Waals surface area contributed by atoms with Gasteiger partial charge in [0, 0.05) is 12.4 Å². The maximum atomic E-state index is 4.26. The van der Waals surface area contributed by atoms with Crippen molar-refractivity contribution in [1.82, 2.24) is 20.2 Å². The molecule has 0 bridgehead atoms. The van der Waals surface area contributed by atoms with Crippen LogP contribution in [0.3, 0.4) is 0 Å². The Bertz CT molecular complexity index is 548. The van der Waals surface area contributed by atoms with Crippen molar-refractivity contribution in [3.8, 4) is 22.8 Å². The molecule has 3 aromatic rings. The Morgan fingerprint density at radius 1 is 0.765 bits per heavy atom. The Kier molecular flexibility index (Phi) is 2.38. The third-order valence-electron chi connectivity index (χ3n) is 2.45. The highest BCUT2D eigenvalue weighted by Crippen LogP contribution is 2.20. The van der Waals surface area contributed by atoms with Crippen LogP contribution < -0.4 is 0 Å². The molecule has 0 spiro atoms. The van der Waals surface area contributed by atoms with Gasteiger partial charge >= 0.3 is 0 Å². The molecule has 3 heterocycles. The van der Waals surface area contributed by atoms with Crippen molar-refractivity contribution in [3.63, 3.8) is 0 Å². The molecular weight excluding hydrogens is 212 g/mol. The topological polar surface area (TPSA) is 54.5 Å². The highest BCUT2D eigenvalue weighted by molar-refractivity contribution is 5.63. The molecule has 0 fully saturated rings. The van der Waals surface area contributed by atoms with Crippen molar-refractivity contribution in [1.29, 1.82) is 0 Å². The van der Waals surface area contributed by atoms with E-state index in [2.05, 4.69) is 20.2 Å². The van der Waals surface area contributed by atoms with Gasteiger partial charge in [0.25, 0.3) is 0 Å². The molecule has 3 aromatic heterocycles. The van der Waals surface area contributed by atoms with Gasteiger partial charge in [0.1, 0.15) is 5.69 Å². The first-order chi connectivity index (χ1) is 8.43. The monoisotopic (exact) mass is 222 g/mol. The molecule has 82 valence electrons. The summed E-state index contributed by atoms with van der Waals surface area (Å²) in [5, 5.41) is 7.20. The Labute approximate surface area is 98.4 Å². The number of H-pyrrole nitrogens is 1. The third kappa shape index (κ3) is 1.92. The van der Waals surface area contributed by atoms with Crippen LogP contribution >= 0.6 is 0 Å². The first kappa shape index (κ1) is 9.72. The number of hydrogen-bond acceptors (Lipinski definition) is 3. The average Bonchev–Trinajstić information content (AvgIpc) is 2.90. The van der Waals surface area contributed by atoms with E-state index in [-0.39, 0.29) is 0 Å². The first-order valence-corrected chi connectivity index (χ1v) is 5.32. The molecule has 0 amide bonds. The molecule has 0 aliphatic heterocycles. The van der Waals surface area contributed by atoms with Crippen molar-refractivity contribution in [3.05, 3.63) is 54.9 Å². The van der Waals surface area contributed by atoms with Crippen molar-refractivity contribution in [2.75, 3.05) is 0 Å². The van der Waals surface area contributed by atoms with Crippen LogP contribution in [0.15, 0.2) is 54.9 Å². The molecule has 17 heavy (non-hydrogen) atoms. The van der Waals surface area contributed by atoms with Crippen LogP contribution in [-0.4, -0.2) is 20.2 Å². The summed E-state index contributed by atoms with van der Waals surface area (Å²) >= 11 is 0. The van der Waals surface area contributed by atoms with Gasteiger partial charge in [0.15, 0.2) is 0 Å². The number of aromatic nitrogens is 4. The highest BCUT2D eigenvalue weighted by atomic mass is 15.1. The summed E-state index contributed by atoms with van der Waals surface area (Å²) in [6.07, 6.45) is 3.51. The van der Waals surface area contributed by atoms with E-state index in [1.54, 1.807) is 12.4 Å². The quantitative estimate of drug-likeness (QED) is 0.724. The fourth-order valence-corrected chi connectivity index (χ4v) is 1.62. The normalized spacial score (nSPS) is 10.4. The molecule has 0 aliphatic rings. The molecule has 0 saturated heterocycles. The van der Waals surface area contributed by atoms with Crippen LogP contribution in [0.25, 0.3) is 22.8 Å². The van der Waals surface area contributed by atoms with Crippen LogP contribution in [0, 0.1) is 0 Å². The molecule has 0 radical (unpaired) electrons. The second kappa shape index (κ2) is 4.17. The van der Waals surface area contributed by atoms with Gasteiger partial charge in [-0.15, -0.1) is 0 Å². The summed E-state index contributed by atoms with van der Waals surface area (Å²) in [7, 11) is 0. The zero-order valence-corrected chi connectivity index (χ0v) is 9.04. The summed E-state index contributed by atoms with van der Waals surface area (Å²) in [4.78, 5) is 8.52. The van der Waals surface area contributed by atoms with E-state index in [9.17, 15) is 0 Å². The van der Waals surface area contributed by atoms with Crippen LogP contribution in [0.5, 0.6) is 0 Å². The van der Waals surface area contributed by atoms with Gasteiger partial charge in [-0.25, -0.2) is 0 Å². The zero-order chi connectivity index (χ0) is 11.5. The predicted molar refractivity (Wildman–Crippen MR) is 65.0 cm³/mol. The lowest BCUT2D eigenvalue weighted by Gasteiger charge is -1.93. The van der Waals surface area contributed by atoms with Gasteiger partial charge in [0.2, 0.25) is 0 Å². The van der Waals surface area contributed by atoms with E-state index in [1.807, 2.05) is 42.5 Å². The average molecular weight is 222 g/mol. The molecule has 4 heteroatoms. The van der Waals surface area contributed by atoms with E-state index >= 15 is 0 Å². The van der Waals surface area contributed by atoms with Gasteiger partial charge in [0.05, 0.1) is 17.1 Å². The number of nitrogens with zero attached hydrogens (tertiary/aromatic N) is 3. The number of rotatable bonds is 2. The van der Waals surface area contributed by atoms with E-state index in [0.29, 0.717) is 0 Å². The Morgan fingerprint density at radius 2 is 1.47 bits per heavy atom. The van der Waals surface area contributed by atoms with Crippen LogP contribution in [0.1, 0.15) is 0 Å². The van der Waals surface area contributed by atoms with Crippen molar-refractivity contribution < 1.29 is 0 Å². The zero-order valence-electron chi connectivity index (χ0n) is 9.04. The Balaban J connectivity index is 1.99. The van der Waals surface area contributed by atoms with Crippen LogP contribution in [0.2, 0.25) is 0 Å². The molecule has 3 rings (SSSR count). The fraction of sp³-hybridized carbons (Fsp3) is 0. The minimum absolute atomic E-state index is 0.825. The lowest BCUT2D eigenvalue weighted by atomic mass is 10.2. The summed E-state index contributed by atoms with van der Waals surface area (Å²) in [6, 6.07) is 13.5. The summed E-state index contributed by atoms with van der Waals surface area (Å²) in [5.41, 5.74) is 3.45. The Hall–Kier alpha value is -2.49. The van der Waals surface area contributed by atoms with Crippen LogP contribution in [0.4, 0.5) is 0 Å². The molecule has 1 N–H and O–H groups in total. The van der Waals surface area contributed by atoms with E-state index < -0.39 is 0 Å². The second-order valence-corrected chi connectivity index (χ2v) is 3.60. The molecular formula is C13H10N4. The molecule has 0 saturated carbocycles. The fourth-order valence-electron chi connectivity index (χ4n) is 1.62. The van der Waals surface area contributed by atoms with Crippen molar-refractivity contribution in [2.45, 2.75) is 0 Å². The molecule has 4 nitrogen and oxygen atoms in total. The number of aromatic amines is 1. The highest BCUT2D eigenvalue weighted by Gasteiger charge is 2.06. The first-order valence-electron chi connectivity index (χ1n) is 5.32. The summed E-state index contributed by atoms with van der Waals surface area (Å²) in [6.45, 7) is 0. The van der Waals surface area contributed by atoms with Gasteiger partial charge < -0.3 is 0 Å². The van der Waals surface area contributed by atoms with E-state index in [0.717, 1.165) is 22.8 Å². The molecule has 0 unspecified atom stereocenters. The maximum Gasteiger partial charge on any atom is 0.111 e. The minimum atomic E-state index is 0.825. The SMILES string of the molecule is c1ccc(-c2cc(-c3ccccn3)[nH]n2)nc1. The third-order valence-corrected chi connectivity index (χ3v) is 2.45. The number of pyridine rings is 2. The Morgan fingerprint density at radius 3 is 2.12 bits per heavy atom. The van der Waals surface area contributed by atoms with Crippen LogP contribution in [-0.2, 0) is 0 Å². The number of nitrogens with one attached hydrogen (secondary N) is 1.